The van der Waals surface area contributed by atoms with Gasteiger partial charge in [0.15, 0.2) is 5.96 Å². The number of piperidine rings is 1. The van der Waals surface area contributed by atoms with Crippen LogP contribution in [0.15, 0.2) is 0 Å². The van der Waals surface area contributed by atoms with E-state index in [4.69, 9.17) is 16.9 Å². The van der Waals surface area contributed by atoms with E-state index >= 15 is 0 Å². The summed E-state index contributed by atoms with van der Waals surface area (Å²) in [4.78, 5) is 28.3. The fourth-order valence-electron chi connectivity index (χ4n) is 3.77. The number of hydrogen-bond donors (Lipinski definition) is 4. The molecule has 2 amide bonds. The number of nitrogens with two attached hydrogens (primary N) is 2. The van der Waals surface area contributed by atoms with Crippen LogP contribution in [0.1, 0.15) is 51.4 Å². The van der Waals surface area contributed by atoms with E-state index in [1.807, 2.05) is 9.80 Å². The number of rotatable bonds is 5. The van der Waals surface area contributed by atoms with E-state index in [-0.39, 0.29) is 30.1 Å². The summed E-state index contributed by atoms with van der Waals surface area (Å²) < 4.78 is 0. The molecule has 0 radical (unpaired) electrons. The maximum absolute atomic E-state index is 12.5. The molecule has 0 aromatic heterocycles. The van der Waals surface area contributed by atoms with Gasteiger partial charge in [0, 0.05) is 32.7 Å². The fourth-order valence-corrected chi connectivity index (χ4v) is 3.77. The number of amides is 2. The van der Waals surface area contributed by atoms with Crippen molar-refractivity contribution in [1.29, 1.82) is 5.41 Å². The SMILES string of the molecule is N=C(N)N1CCC[C@H](CNC(=O)C[C@H](N)C(=O)N2CCCCCCC2)C1. The second kappa shape index (κ2) is 10.4. The number of nitrogens with zero attached hydrogens (tertiary/aromatic N) is 2. The van der Waals surface area contributed by atoms with Crippen molar-refractivity contribution in [1.82, 2.24) is 15.1 Å². The van der Waals surface area contributed by atoms with Gasteiger partial charge < -0.3 is 26.6 Å². The van der Waals surface area contributed by atoms with Crippen LogP contribution in [-0.4, -0.2) is 66.3 Å². The van der Waals surface area contributed by atoms with Gasteiger partial charge in [-0.05, 0) is 31.6 Å². The third-order valence-electron chi connectivity index (χ3n) is 5.34. The second-order valence-electron chi connectivity index (χ2n) is 7.55. The molecule has 0 saturated carbocycles. The number of guanidine groups is 1. The molecule has 0 bridgehead atoms. The zero-order chi connectivity index (χ0) is 18.9. The van der Waals surface area contributed by atoms with E-state index < -0.39 is 6.04 Å². The molecule has 0 spiro atoms. The lowest BCUT2D eigenvalue weighted by atomic mass is 9.98. The molecule has 0 aliphatic carbocycles. The van der Waals surface area contributed by atoms with Crippen LogP contribution in [0, 0.1) is 11.3 Å². The standard InChI is InChI=1S/C18H34N6O2/c19-15(17(26)23-8-4-2-1-3-5-9-23)11-16(25)22-12-14-7-6-10-24(13-14)18(20)21/h14-15H,1-13,19H2,(H3,20,21)(H,22,25)/t14-,15+/m1/s1. The molecule has 26 heavy (non-hydrogen) atoms. The third-order valence-corrected chi connectivity index (χ3v) is 5.34. The number of carbonyl (C=O) groups excluding carboxylic acids is 2. The number of nitrogens with one attached hydrogen (secondary N) is 2. The van der Waals surface area contributed by atoms with E-state index in [1.54, 1.807) is 0 Å². The van der Waals surface area contributed by atoms with Gasteiger partial charge in [0.25, 0.3) is 0 Å². The predicted octanol–water partition coefficient (Wildman–Crippen LogP) is 0.218. The molecule has 0 aromatic rings. The Labute approximate surface area is 156 Å². The minimum atomic E-state index is -0.769. The van der Waals surface area contributed by atoms with Crippen LogP contribution in [0.2, 0.25) is 0 Å². The van der Waals surface area contributed by atoms with Crippen molar-refractivity contribution < 1.29 is 9.59 Å². The highest BCUT2D eigenvalue weighted by molar-refractivity contribution is 5.88. The first-order valence-electron chi connectivity index (χ1n) is 9.87. The van der Waals surface area contributed by atoms with Crippen molar-refractivity contribution >= 4 is 17.8 Å². The Hall–Kier alpha value is -1.83. The van der Waals surface area contributed by atoms with Crippen molar-refractivity contribution in [3.05, 3.63) is 0 Å². The van der Waals surface area contributed by atoms with E-state index in [1.165, 1.54) is 6.42 Å². The maximum atomic E-state index is 12.5. The molecule has 6 N–H and O–H groups in total. The van der Waals surface area contributed by atoms with Crippen LogP contribution in [0.25, 0.3) is 0 Å². The first-order chi connectivity index (χ1) is 12.5. The van der Waals surface area contributed by atoms with Crippen LogP contribution in [0.3, 0.4) is 0 Å². The van der Waals surface area contributed by atoms with Crippen LogP contribution < -0.4 is 16.8 Å². The van der Waals surface area contributed by atoms with E-state index in [9.17, 15) is 9.59 Å². The van der Waals surface area contributed by atoms with Crippen LogP contribution in [0.5, 0.6) is 0 Å². The summed E-state index contributed by atoms with van der Waals surface area (Å²) >= 11 is 0. The minimum absolute atomic E-state index is 0.0263. The summed E-state index contributed by atoms with van der Waals surface area (Å²) in [5.74, 6) is 0.0695. The lowest BCUT2D eigenvalue weighted by Gasteiger charge is -2.33. The highest BCUT2D eigenvalue weighted by Gasteiger charge is 2.25. The Morgan fingerprint density at radius 2 is 1.65 bits per heavy atom. The zero-order valence-electron chi connectivity index (χ0n) is 15.7. The maximum Gasteiger partial charge on any atom is 0.240 e. The lowest BCUT2D eigenvalue weighted by molar-refractivity contribution is -0.135. The average molecular weight is 367 g/mol. The Kier molecular flexibility index (Phi) is 8.15. The van der Waals surface area contributed by atoms with Gasteiger partial charge in [0.1, 0.15) is 0 Å². The number of hydrogen-bond acceptors (Lipinski definition) is 4. The lowest BCUT2D eigenvalue weighted by Crippen LogP contribution is -2.48. The predicted molar refractivity (Wildman–Crippen MR) is 101 cm³/mol. The molecule has 0 unspecified atom stereocenters. The van der Waals surface area contributed by atoms with Gasteiger partial charge in [-0.25, -0.2) is 0 Å². The molecule has 2 saturated heterocycles. The van der Waals surface area contributed by atoms with Crippen LogP contribution in [-0.2, 0) is 9.59 Å². The summed E-state index contributed by atoms with van der Waals surface area (Å²) in [5.41, 5.74) is 11.5. The Bertz CT molecular complexity index is 490. The molecule has 2 rings (SSSR count). The second-order valence-corrected chi connectivity index (χ2v) is 7.55. The van der Waals surface area contributed by atoms with Gasteiger partial charge in [-0.1, -0.05) is 19.3 Å². The van der Waals surface area contributed by atoms with Crippen molar-refractivity contribution in [3.63, 3.8) is 0 Å². The monoisotopic (exact) mass is 366 g/mol. The molecular weight excluding hydrogens is 332 g/mol. The van der Waals surface area contributed by atoms with Gasteiger partial charge in [-0.2, -0.15) is 0 Å². The highest BCUT2D eigenvalue weighted by atomic mass is 16.2. The highest BCUT2D eigenvalue weighted by Crippen LogP contribution is 2.15. The summed E-state index contributed by atoms with van der Waals surface area (Å²) in [5, 5.41) is 10.4. The van der Waals surface area contributed by atoms with Gasteiger partial charge >= 0.3 is 0 Å². The molecular formula is C18H34N6O2. The van der Waals surface area contributed by atoms with Crippen LogP contribution in [0.4, 0.5) is 0 Å². The molecule has 2 aliphatic heterocycles. The topological polar surface area (TPSA) is 129 Å². The largest absolute Gasteiger partial charge is 0.370 e. The number of carbonyl (C=O) groups is 2. The smallest absolute Gasteiger partial charge is 0.240 e. The van der Waals surface area contributed by atoms with Crippen molar-refractivity contribution in [3.8, 4) is 0 Å². The van der Waals surface area contributed by atoms with Gasteiger partial charge in [0.05, 0.1) is 12.5 Å². The molecule has 0 aromatic carbocycles. The molecule has 8 heteroatoms. The Balaban J connectivity index is 1.72. The van der Waals surface area contributed by atoms with Crippen molar-refractivity contribution in [2.24, 2.45) is 17.4 Å². The summed E-state index contributed by atoms with van der Waals surface area (Å²) in [6, 6.07) is -0.769. The van der Waals surface area contributed by atoms with Gasteiger partial charge in [-0.15, -0.1) is 0 Å². The molecule has 148 valence electrons. The molecule has 2 aliphatic rings. The zero-order valence-corrected chi connectivity index (χ0v) is 15.7. The Morgan fingerprint density at radius 3 is 2.31 bits per heavy atom. The molecule has 2 atom stereocenters. The molecule has 2 fully saturated rings. The average Bonchev–Trinajstić information content (AvgIpc) is 2.59. The van der Waals surface area contributed by atoms with E-state index in [0.717, 1.165) is 58.2 Å². The van der Waals surface area contributed by atoms with Gasteiger partial charge in [0.2, 0.25) is 11.8 Å². The Morgan fingerprint density at radius 1 is 1.04 bits per heavy atom. The van der Waals surface area contributed by atoms with Crippen molar-refractivity contribution in [2.45, 2.75) is 57.4 Å². The molecule has 8 nitrogen and oxygen atoms in total. The van der Waals surface area contributed by atoms with Crippen molar-refractivity contribution in [2.75, 3.05) is 32.7 Å². The minimum Gasteiger partial charge on any atom is -0.370 e. The summed E-state index contributed by atoms with van der Waals surface area (Å²) in [7, 11) is 0. The summed E-state index contributed by atoms with van der Waals surface area (Å²) in [6.45, 7) is 3.52. The third kappa shape index (κ3) is 6.48. The van der Waals surface area contributed by atoms with E-state index in [0.29, 0.717) is 13.1 Å². The normalized spacial score (nSPS) is 22.9. The van der Waals surface area contributed by atoms with Gasteiger partial charge in [-0.3, -0.25) is 15.0 Å². The first-order valence-corrected chi connectivity index (χ1v) is 9.87. The quantitative estimate of drug-likeness (QED) is 0.409. The molecule has 2 heterocycles. The van der Waals surface area contributed by atoms with E-state index in [2.05, 4.69) is 5.32 Å². The first kappa shape index (κ1) is 20.5. The fraction of sp³-hybridized carbons (Fsp3) is 0.833. The van der Waals surface area contributed by atoms with Crippen LogP contribution >= 0.6 is 0 Å². The summed E-state index contributed by atoms with van der Waals surface area (Å²) in [6.07, 6.45) is 7.56. The number of likely N-dealkylation sites (tertiary alicyclic amines) is 2.